The molecule has 0 radical (unpaired) electrons. The second kappa shape index (κ2) is 9.27. The predicted octanol–water partition coefficient (Wildman–Crippen LogP) is 4.46. The number of aliphatic hydroxyl groups is 1. The smallest absolute Gasteiger partial charge is 0.394 e. The first-order valence-corrected chi connectivity index (χ1v) is 10.2. The number of alkyl halides is 4. The van der Waals surface area contributed by atoms with Gasteiger partial charge >= 0.3 is 12.0 Å². The molecular weight excluding hydrogens is 454 g/mol. The summed E-state index contributed by atoms with van der Waals surface area (Å²) in [6, 6.07) is 17.6. The third-order valence-electron chi connectivity index (χ3n) is 4.81. The fourth-order valence-corrected chi connectivity index (χ4v) is 3.28. The van der Waals surface area contributed by atoms with Crippen molar-refractivity contribution in [2.24, 2.45) is 0 Å². The van der Waals surface area contributed by atoms with E-state index in [9.17, 15) is 22.7 Å². The number of halogens is 4. The zero-order valence-electron chi connectivity index (χ0n) is 17.9. The number of hydrogen-bond donors (Lipinski definition) is 3. The lowest BCUT2D eigenvalue weighted by Gasteiger charge is -2.20. The van der Waals surface area contributed by atoms with Crippen LogP contribution in [0.25, 0.3) is 16.8 Å². The maximum atomic E-state index is 15.0. The minimum Gasteiger partial charge on any atom is -0.433 e. The van der Waals surface area contributed by atoms with E-state index >= 15 is 0 Å². The normalized spacial score (nSPS) is 13.1. The fourth-order valence-electron chi connectivity index (χ4n) is 3.28. The van der Waals surface area contributed by atoms with Crippen LogP contribution in [-0.4, -0.2) is 38.7 Å². The quantitative estimate of drug-likeness (QED) is 0.245. The van der Waals surface area contributed by atoms with E-state index in [-0.39, 0.29) is 11.4 Å². The summed E-state index contributed by atoms with van der Waals surface area (Å²) in [4.78, 5) is 0. The van der Waals surface area contributed by atoms with E-state index in [1.807, 2.05) is 0 Å². The van der Waals surface area contributed by atoms with Crippen LogP contribution in [0.3, 0.4) is 0 Å². The number of ether oxygens (including phenoxy) is 1. The molecule has 0 spiro atoms. The Labute approximate surface area is 192 Å². The Bertz CT molecular complexity index is 1240. The summed E-state index contributed by atoms with van der Waals surface area (Å²) in [6.07, 6.45) is -3.30. The van der Waals surface area contributed by atoms with Gasteiger partial charge in [-0.1, -0.05) is 30.3 Å². The molecule has 1 unspecified atom stereocenters. The molecule has 11 heteroatoms. The van der Waals surface area contributed by atoms with Crippen LogP contribution in [0.2, 0.25) is 0 Å². The standard InChI is InChI=1S/C23H21F4N5O2/c1-22(24,25)34-18-10-7-15(8-11-18)16-9-12-19-30-31-20(32(19)13-16)23(26,27)14-28-21(33)29-17-5-3-2-4-6-17/h2-13,21,28-29,33H,14H2,1H3. The SMILES string of the molecule is CC(F)(F)Oc1ccc(-c2ccc3nnc(C(F)(F)CNC(O)Nc4ccccc4)n3c2)cc1. The first kappa shape index (κ1) is 23.5. The third kappa shape index (κ3) is 5.61. The van der Waals surface area contributed by atoms with Crippen molar-refractivity contribution >= 4 is 11.3 Å². The van der Waals surface area contributed by atoms with Crippen molar-refractivity contribution in [3.63, 3.8) is 0 Å². The number of para-hydroxylation sites is 1. The summed E-state index contributed by atoms with van der Waals surface area (Å²) in [6.45, 7) is -0.273. The number of rotatable bonds is 9. The van der Waals surface area contributed by atoms with Crippen LogP contribution in [-0.2, 0) is 5.92 Å². The summed E-state index contributed by atoms with van der Waals surface area (Å²) in [7, 11) is 0. The van der Waals surface area contributed by atoms with Crippen molar-refractivity contribution in [1.29, 1.82) is 0 Å². The number of aromatic nitrogens is 3. The number of hydrogen-bond acceptors (Lipinski definition) is 6. The number of anilines is 1. The summed E-state index contributed by atoms with van der Waals surface area (Å²) in [5.74, 6) is -4.11. The molecule has 4 rings (SSSR count). The molecule has 0 saturated carbocycles. The molecule has 0 fully saturated rings. The van der Waals surface area contributed by atoms with Gasteiger partial charge in [0.25, 0.3) is 0 Å². The Kier molecular flexibility index (Phi) is 6.40. The Morgan fingerprint density at radius 3 is 2.29 bits per heavy atom. The van der Waals surface area contributed by atoms with Gasteiger partial charge in [0.1, 0.15) is 5.75 Å². The Balaban J connectivity index is 1.51. The highest BCUT2D eigenvalue weighted by atomic mass is 19.3. The van der Waals surface area contributed by atoms with Gasteiger partial charge in [-0.25, -0.2) is 0 Å². The lowest BCUT2D eigenvalue weighted by molar-refractivity contribution is -0.158. The minimum atomic E-state index is -3.47. The van der Waals surface area contributed by atoms with Crippen molar-refractivity contribution in [3.8, 4) is 16.9 Å². The molecule has 0 amide bonds. The van der Waals surface area contributed by atoms with Crippen LogP contribution >= 0.6 is 0 Å². The maximum Gasteiger partial charge on any atom is 0.394 e. The van der Waals surface area contributed by atoms with E-state index < -0.39 is 30.8 Å². The van der Waals surface area contributed by atoms with Crippen LogP contribution in [0, 0.1) is 0 Å². The van der Waals surface area contributed by atoms with Crippen LogP contribution in [0.1, 0.15) is 12.7 Å². The topological polar surface area (TPSA) is 83.7 Å². The highest BCUT2D eigenvalue weighted by Crippen LogP contribution is 2.29. The molecule has 3 N–H and O–H groups in total. The van der Waals surface area contributed by atoms with E-state index in [4.69, 9.17) is 0 Å². The van der Waals surface area contributed by atoms with Crippen LogP contribution in [0.5, 0.6) is 5.75 Å². The van der Waals surface area contributed by atoms with Gasteiger partial charge in [0.05, 0.1) is 6.54 Å². The Morgan fingerprint density at radius 1 is 0.941 bits per heavy atom. The van der Waals surface area contributed by atoms with Crippen LogP contribution in [0.4, 0.5) is 23.2 Å². The average molecular weight is 475 g/mol. The highest BCUT2D eigenvalue weighted by molar-refractivity contribution is 5.65. The molecule has 2 aromatic heterocycles. The van der Waals surface area contributed by atoms with Gasteiger partial charge < -0.3 is 15.2 Å². The van der Waals surface area contributed by atoms with Gasteiger partial charge in [0, 0.05) is 18.8 Å². The molecular formula is C23H21F4N5O2. The highest BCUT2D eigenvalue weighted by Gasteiger charge is 2.37. The zero-order chi connectivity index (χ0) is 24.3. The lowest BCUT2D eigenvalue weighted by Crippen LogP contribution is -2.42. The minimum absolute atomic E-state index is 0.0254. The van der Waals surface area contributed by atoms with Crippen molar-refractivity contribution in [2.45, 2.75) is 25.3 Å². The van der Waals surface area contributed by atoms with E-state index in [0.29, 0.717) is 23.7 Å². The molecule has 34 heavy (non-hydrogen) atoms. The molecule has 2 heterocycles. The first-order valence-electron chi connectivity index (χ1n) is 10.2. The molecule has 7 nitrogen and oxygen atoms in total. The van der Waals surface area contributed by atoms with Crippen LogP contribution < -0.4 is 15.4 Å². The Hall–Kier alpha value is -3.70. The van der Waals surface area contributed by atoms with Crippen LogP contribution in [0.15, 0.2) is 72.9 Å². The third-order valence-corrected chi connectivity index (χ3v) is 4.81. The summed E-state index contributed by atoms with van der Waals surface area (Å²) < 4.78 is 61.6. The van der Waals surface area contributed by atoms with Gasteiger partial charge in [-0.3, -0.25) is 9.72 Å². The number of aliphatic hydroxyl groups excluding tert-OH is 1. The van der Waals surface area contributed by atoms with Gasteiger partial charge in [-0.15, -0.1) is 10.2 Å². The molecule has 2 aromatic carbocycles. The number of nitrogens with one attached hydrogen (secondary N) is 2. The number of nitrogens with zero attached hydrogens (tertiary/aromatic N) is 3. The Morgan fingerprint density at radius 2 is 1.62 bits per heavy atom. The van der Waals surface area contributed by atoms with E-state index in [1.54, 1.807) is 36.4 Å². The first-order chi connectivity index (χ1) is 16.1. The zero-order valence-corrected chi connectivity index (χ0v) is 17.9. The van der Waals surface area contributed by atoms with E-state index in [0.717, 1.165) is 4.40 Å². The van der Waals surface area contributed by atoms with E-state index in [2.05, 4.69) is 25.6 Å². The summed E-state index contributed by atoms with van der Waals surface area (Å²) >= 11 is 0. The van der Waals surface area contributed by atoms with Gasteiger partial charge in [-0.2, -0.15) is 17.6 Å². The number of benzene rings is 2. The lowest BCUT2D eigenvalue weighted by atomic mass is 10.1. The predicted molar refractivity (Wildman–Crippen MR) is 118 cm³/mol. The van der Waals surface area contributed by atoms with Gasteiger partial charge in [0.2, 0.25) is 5.82 Å². The van der Waals surface area contributed by atoms with Crippen molar-refractivity contribution < 1.29 is 27.4 Å². The summed E-state index contributed by atoms with van der Waals surface area (Å²) in [5, 5.41) is 22.4. The van der Waals surface area contributed by atoms with Crippen molar-refractivity contribution in [2.75, 3.05) is 11.9 Å². The van der Waals surface area contributed by atoms with Crippen molar-refractivity contribution in [3.05, 3.63) is 78.8 Å². The number of fused-ring (bicyclic) bond motifs is 1. The molecule has 4 aromatic rings. The average Bonchev–Trinajstić information content (AvgIpc) is 3.22. The van der Waals surface area contributed by atoms with E-state index in [1.165, 1.54) is 36.5 Å². The van der Waals surface area contributed by atoms with Crippen molar-refractivity contribution in [1.82, 2.24) is 19.9 Å². The van der Waals surface area contributed by atoms with Gasteiger partial charge in [0.15, 0.2) is 12.0 Å². The molecule has 0 aliphatic heterocycles. The fraction of sp³-hybridized carbons (Fsp3) is 0.217. The van der Waals surface area contributed by atoms with Gasteiger partial charge in [-0.05, 0) is 47.5 Å². The monoisotopic (exact) mass is 475 g/mol. The summed E-state index contributed by atoms with van der Waals surface area (Å²) in [5.41, 5.74) is 1.89. The molecule has 0 aliphatic carbocycles. The molecule has 0 saturated heterocycles. The second-order valence-electron chi connectivity index (χ2n) is 7.60. The maximum absolute atomic E-state index is 15.0. The molecule has 1 atom stereocenters. The molecule has 0 aliphatic rings. The largest absolute Gasteiger partial charge is 0.433 e. The molecule has 178 valence electrons. The second-order valence-corrected chi connectivity index (χ2v) is 7.60. The molecule has 0 bridgehead atoms. The number of pyridine rings is 1.